The minimum Gasteiger partial charge on any atom is -0.329 e. The summed E-state index contributed by atoms with van der Waals surface area (Å²) in [6.07, 6.45) is 0.0104. The molecule has 0 aliphatic heterocycles. The summed E-state index contributed by atoms with van der Waals surface area (Å²) in [5, 5.41) is 0. The summed E-state index contributed by atoms with van der Waals surface area (Å²) in [5.74, 6) is 0. The lowest BCUT2D eigenvalue weighted by Crippen LogP contribution is -2.26. The first-order valence-corrected chi connectivity index (χ1v) is 9.53. The number of nitrogens with zero attached hydrogens (tertiary/aromatic N) is 1. The van der Waals surface area contributed by atoms with E-state index in [1.165, 1.54) is 17.0 Å². The molecule has 0 fully saturated rings. The number of H-pyrrole nitrogens is 1. The molecule has 1 heterocycles. The molecule has 1 aromatic heterocycles. The van der Waals surface area contributed by atoms with Crippen LogP contribution in [0.5, 0.6) is 0 Å². The van der Waals surface area contributed by atoms with Crippen LogP contribution in [0, 0.1) is 0 Å². The minimum atomic E-state index is -4.37. The molecule has 3 aromatic rings. The van der Waals surface area contributed by atoms with E-state index >= 15 is 0 Å². The molecule has 0 atom stereocenters. The number of hydrogen-bond donors (Lipinski definition) is 1. The van der Waals surface area contributed by atoms with Gasteiger partial charge in [-0.05, 0) is 54.8 Å². The highest BCUT2D eigenvalue weighted by Gasteiger charge is 2.29. The molecular weight excluding hydrogens is 405 g/mol. The van der Waals surface area contributed by atoms with Gasteiger partial charge >= 0.3 is 6.18 Å². The van der Waals surface area contributed by atoms with Crippen LogP contribution < -0.4 is 10.5 Å². The molecule has 1 N–H and O–H groups in total. The van der Waals surface area contributed by atoms with E-state index < -0.39 is 11.7 Å². The molecule has 0 radical (unpaired) electrons. The van der Waals surface area contributed by atoms with Crippen molar-refractivity contribution in [1.82, 2.24) is 4.98 Å². The first kappa shape index (κ1) is 23.7. The van der Waals surface area contributed by atoms with Crippen LogP contribution in [-0.4, -0.2) is 17.9 Å². The van der Waals surface area contributed by atoms with Crippen molar-refractivity contribution in [2.75, 3.05) is 11.4 Å². The van der Waals surface area contributed by atoms with Crippen LogP contribution in [0.15, 0.2) is 84.3 Å². The zero-order valence-corrected chi connectivity index (χ0v) is 17.0. The summed E-state index contributed by atoms with van der Waals surface area (Å²) in [4.78, 5) is 27.2. The van der Waals surface area contributed by atoms with Gasteiger partial charge in [0.2, 0.25) is 6.41 Å². The molecule has 0 aliphatic carbocycles. The number of halogens is 3. The molecule has 162 valence electrons. The summed E-state index contributed by atoms with van der Waals surface area (Å²) in [6.45, 7) is 5.58. The Balaban J connectivity index is 0.00000107. The minimum absolute atomic E-state index is 0.189. The molecule has 0 saturated heterocycles. The van der Waals surface area contributed by atoms with Crippen molar-refractivity contribution in [3.63, 3.8) is 0 Å². The van der Waals surface area contributed by atoms with Gasteiger partial charge in [0.25, 0.3) is 5.56 Å². The highest BCUT2D eigenvalue weighted by molar-refractivity contribution is 5.77. The maximum absolute atomic E-state index is 12.7. The van der Waals surface area contributed by atoms with Crippen molar-refractivity contribution in [3.05, 3.63) is 101 Å². The molecule has 2 aromatic carbocycles. The Morgan fingerprint density at radius 3 is 2.03 bits per heavy atom. The third-order valence-corrected chi connectivity index (χ3v) is 4.39. The average molecular weight is 428 g/mol. The number of alkyl halides is 3. The summed E-state index contributed by atoms with van der Waals surface area (Å²) in [7, 11) is 0. The van der Waals surface area contributed by atoms with Crippen LogP contribution in [0.2, 0.25) is 0 Å². The van der Waals surface area contributed by atoms with Gasteiger partial charge in [-0.2, -0.15) is 13.2 Å². The van der Waals surface area contributed by atoms with Gasteiger partial charge in [0, 0.05) is 24.0 Å². The topological polar surface area (TPSA) is 53.2 Å². The third-order valence-electron chi connectivity index (χ3n) is 4.39. The van der Waals surface area contributed by atoms with Crippen LogP contribution in [0.25, 0.3) is 11.1 Å². The molecule has 0 unspecified atom stereocenters. The number of nitrogens with one attached hydrogen (secondary N) is 1. The van der Waals surface area contributed by atoms with E-state index in [4.69, 9.17) is 0 Å². The predicted octanol–water partition coefficient (Wildman–Crippen LogP) is 5.46. The maximum Gasteiger partial charge on any atom is 0.416 e. The van der Waals surface area contributed by atoms with Gasteiger partial charge in [0.05, 0.1) is 5.56 Å². The zero-order chi connectivity index (χ0) is 22.9. The van der Waals surface area contributed by atoms with E-state index in [9.17, 15) is 22.8 Å². The predicted molar refractivity (Wildman–Crippen MR) is 117 cm³/mol. The largest absolute Gasteiger partial charge is 0.416 e. The van der Waals surface area contributed by atoms with Crippen molar-refractivity contribution in [3.8, 4) is 11.1 Å². The normalized spacial score (nSPS) is 10.6. The Kier molecular flexibility index (Phi) is 8.37. The highest BCUT2D eigenvalue weighted by Crippen LogP contribution is 2.31. The molecule has 0 aliphatic rings. The van der Waals surface area contributed by atoms with E-state index in [2.05, 4.69) is 11.6 Å². The second kappa shape index (κ2) is 11.0. The van der Waals surface area contributed by atoms with E-state index in [1.54, 1.807) is 48.7 Å². The van der Waals surface area contributed by atoms with Crippen LogP contribution in [-0.2, 0) is 17.4 Å². The monoisotopic (exact) mass is 428 g/mol. The number of allylic oxidation sites excluding steroid dienone is 1. The number of anilines is 1. The van der Waals surface area contributed by atoms with Gasteiger partial charge in [-0.1, -0.05) is 36.4 Å². The fraction of sp³-hybridized carbons (Fsp3) is 0.167. The van der Waals surface area contributed by atoms with Gasteiger partial charge in [-0.15, -0.1) is 6.58 Å². The van der Waals surface area contributed by atoms with Gasteiger partial charge in [0.15, 0.2) is 0 Å². The summed E-state index contributed by atoms with van der Waals surface area (Å²) >= 11 is 0. The lowest BCUT2D eigenvalue weighted by molar-refractivity contribution is -0.137. The van der Waals surface area contributed by atoms with Crippen LogP contribution >= 0.6 is 0 Å². The molecule has 31 heavy (non-hydrogen) atoms. The fourth-order valence-electron chi connectivity index (χ4n) is 2.83. The van der Waals surface area contributed by atoms with Gasteiger partial charge in [-0.3, -0.25) is 9.59 Å². The molecular formula is C24H23F3N2O2. The third kappa shape index (κ3) is 6.70. The lowest BCUT2D eigenvalue weighted by atomic mass is 10.0. The first-order valence-electron chi connectivity index (χ1n) is 9.53. The summed E-state index contributed by atoms with van der Waals surface area (Å²) in [5.41, 5.74) is 1.71. The van der Waals surface area contributed by atoms with E-state index in [0.29, 0.717) is 36.2 Å². The van der Waals surface area contributed by atoms with Gasteiger partial charge in [-0.25, -0.2) is 0 Å². The van der Waals surface area contributed by atoms with E-state index in [0.717, 1.165) is 17.7 Å². The van der Waals surface area contributed by atoms with E-state index in [1.807, 2.05) is 6.92 Å². The number of hydrogen-bond acceptors (Lipinski definition) is 2. The molecule has 0 saturated carbocycles. The molecule has 1 amide bonds. The molecule has 4 nitrogen and oxygen atoms in total. The molecule has 3 rings (SSSR count). The van der Waals surface area contributed by atoms with Gasteiger partial charge < -0.3 is 9.88 Å². The maximum atomic E-state index is 12.7. The summed E-state index contributed by atoms with van der Waals surface area (Å²) in [6, 6.07) is 15.3. The molecule has 0 bridgehead atoms. The Morgan fingerprint density at radius 1 is 1.00 bits per heavy atom. The quantitative estimate of drug-likeness (QED) is 0.419. The van der Waals surface area contributed by atoms with Crippen LogP contribution in [0.3, 0.4) is 0 Å². The number of aromatic amines is 1. The van der Waals surface area contributed by atoms with Crippen molar-refractivity contribution in [2.45, 2.75) is 19.5 Å². The second-order valence-electron chi connectivity index (χ2n) is 6.60. The number of carbonyl (C=O) groups is 1. The second-order valence-corrected chi connectivity index (χ2v) is 6.60. The number of pyridine rings is 1. The average Bonchev–Trinajstić information content (AvgIpc) is 2.76. The SMILES string of the molecule is C=CC.O=CN(CCc1ccc[nH]c1=O)c1ccc(-c2ccc(C(F)(F)F)cc2)cc1. The number of benzene rings is 2. The van der Waals surface area contributed by atoms with Crippen molar-refractivity contribution in [1.29, 1.82) is 0 Å². The number of aromatic nitrogens is 1. The standard InChI is InChI=1S/C21H17F3N2O2.C3H6/c22-21(23,24)18-7-3-15(4-8-18)16-5-9-19(10-6-16)26(14-27)13-11-17-2-1-12-25-20(17)28;1-3-2/h1-10,12,14H,11,13H2,(H,25,28);3H,1H2,2H3. The Labute approximate surface area is 178 Å². The van der Waals surface area contributed by atoms with Crippen LogP contribution in [0.1, 0.15) is 18.1 Å². The lowest BCUT2D eigenvalue weighted by Gasteiger charge is -2.17. The van der Waals surface area contributed by atoms with Crippen molar-refractivity contribution in [2.24, 2.45) is 0 Å². The summed E-state index contributed by atoms with van der Waals surface area (Å²) < 4.78 is 38.0. The Morgan fingerprint density at radius 2 is 1.55 bits per heavy atom. The zero-order valence-electron chi connectivity index (χ0n) is 17.0. The molecule has 7 heteroatoms. The number of amides is 1. The van der Waals surface area contributed by atoms with E-state index in [-0.39, 0.29) is 5.56 Å². The van der Waals surface area contributed by atoms with Crippen molar-refractivity contribution >= 4 is 12.1 Å². The van der Waals surface area contributed by atoms with Crippen molar-refractivity contribution < 1.29 is 18.0 Å². The first-order chi connectivity index (χ1) is 14.8. The Hall–Kier alpha value is -3.61. The molecule has 0 spiro atoms. The van der Waals surface area contributed by atoms with Crippen LogP contribution in [0.4, 0.5) is 18.9 Å². The fourth-order valence-corrected chi connectivity index (χ4v) is 2.83. The highest BCUT2D eigenvalue weighted by atomic mass is 19.4. The Bertz CT molecular complexity index is 1040. The van der Waals surface area contributed by atoms with Gasteiger partial charge in [0.1, 0.15) is 0 Å². The number of carbonyl (C=O) groups excluding carboxylic acids is 1. The smallest absolute Gasteiger partial charge is 0.329 e. The number of rotatable bonds is 6.